The summed E-state index contributed by atoms with van der Waals surface area (Å²) in [5, 5.41) is 11.6. The van der Waals surface area contributed by atoms with Crippen molar-refractivity contribution in [1.82, 2.24) is 9.29 Å². The first kappa shape index (κ1) is 18.2. The fourth-order valence-corrected chi connectivity index (χ4v) is 4.37. The van der Waals surface area contributed by atoms with Gasteiger partial charge in [0.05, 0.1) is 11.1 Å². The summed E-state index contributed by atoms with van der Waals surface area (Å²) in [6, 6.07) is 11.6. The number of aromatic nitrogens is 1. The number of halogens is 2. The van der Waals surface area contributed by atoms with Crippen molar-refractivity contribution in [3.05, 3.63) is 64.3 Å². The van der Waals surface area contributed by atoms with Gasteiger partial charge in [-0.15, -0.1) is 0 Å². The molecule has 0 unspecified atom stereocenters. The van der Waals surface area contributed by atoms with Gasteiger partial charge in [-0.05, 0) is 47.3 Å². The molecule has 2 aromatic carbocycles. The Labute approximate surface area is 155 Å². The molecule has 0 aliphatic heterocycles. The summed E-state index contributed by atoms with van der Waals surface area (Å²) < 4.78 is 29.1. The highest BCUT2D eigenvalue weighted by Gasteiger charge is 2.20. The van der Waals surface area contributed by atoms with Crippen LogP contribution in [0.3, 0.4) is 0 Å². The van der Waals surface area contributed by atoms with Crippen LogP contribution in [-0.4, -0.2) is 24.6 Å². The van der Waals surface area contributed by atoms with E-state index in [0.29, 0.717) is 5.56 Å². The number of rotatable bonds is 5. The van der Waals surface area contributed by atoms with E-state index in [0.717, 1.165) is 10.9 Å². The van der Waals surface area contributed by atoms with E-state index in [1.165, 1.54) is 18.2 Å². The molecule has 1 heterocycles. The average Bonchev–Trinajstić information content (AvgIpc) is 2.95. The summed E-state index contributed by atoms with van der Waals surface area (Å²) >= 11 is 11.8. The number of hydrogen-bond donors (Lipinski definition) is 2. The highest BCUT2D eigenvalue weighted by atomic mass is 35.5. The van der Waals surface area contributed by atoms with E-state index in [4.69, 9.17) is 23.2 Å². The molecule has 0 saturated carbocycles. The second-order valence-electron chi connectivity index (χ2n) is 5.69. The fourth-order valence-electron chi connectivity index (χ4n) is 2.57. The predicted octanol–water partition coefficient (Wildman–Crippen LogP) is 3.50. The van der Waals surface area contributed by atoms with Crippen LogP contribution in [0.15, 0.2) is 53.6 Å². The summed E-state index contributed by atoms with van der Waals surface area (Å²) in [6.45, 7) is -0.177. The van der Waals surface area contributed by atoms with Gasteiger partial charge in [0.1, 0.15) is 4.90 Å². The minimum absolute atomic E-state index is 0.0668. The van der Waals surface area contributed by atoms with Gasteiger partial charge in [-0.25, -0.2) is 13.1 Å². The lowest BCUT2D eigenvalue weighted by Crippen LogP contribution is -2.28. The van der Waals surface area contributed by atoms with Crippen molar-refractivity contribution < 1.29 is 13.5 Å². The van der Waals surface area contributed by atoms with Gasteiger partial charge in [-0.1, -0.05) is 29.3 Å². The Morgan fingerprint density at radius 3 is 2.68 bits per heavy atom. The van der Waals surface area contributed by atoms with E-state index in [-0.39, 0.29) is 21.5 Å². The van der Waals surface area contributed by atoms with Gasteiger partial charge in [0.25, 0.3) is 0 Å². The lowest BCUT2D eigenvalue weighted by Gasteiger charge is -2.14. The molecule has 3 aromatic rings. The zero-order valence-corrected chi connectivity index (χ0v) is 15.6. The molecular weight excluding hydrogens is 383 g/mol. The Kier molecular flexibility index (Phi) is 5.09. The van der Waals surface area contributed by atoms with Crippen LogP contribution in [0.25, 0.3) is 10.9 Å². The Hall–Kier alpha value is -1.57. The number of nitrogens with zero attached hydrogens (tertiary/aromatic N) is 1. The van der Waals surface area contributed by atoms with Gasteiger partial charge in [0, 0.05) is 30.3 Å². The maximum atomic E-state index is 12.4. The van der Waals surface area contributed by atoms with Gasteiger partial charge in [-0.3, -0.25) is 0 Å². The van der Waals surface area contributed by atoms with Crippen molar-refractivity contribution in [2.45, 2.75) is 11.0 Å². The Morgan fingerprint density at radius 1 is 1.16 bits per heavy atom. The first-order valence-electron chi connectivity index (χ1n) is 7.46. The summed E-state index contributed by atoms with van der Waals surface area (Å²) in [7, 11) is -1.95. The highest BCUT2D eigenvalue weighted by molar-refractivity contribution is 7.89. The van der Waals surface area contributed by atoms with E-state index >= 15 is 0 Å². The van der Waals surface area contributed by atoms with Crippen molar-refractivity contribution in [1.29, 1.82) is 0 Å². The van der Waals surface area contributed by atoms with Crippen LogP contribution in [0.2, 0.25) is 10.0 Å². The minimum atomic E-state index is -3.89. The first-order valence-corrected chi connectivity index (χ1v) is 9.69. The van der Waals surface area contributed by atoms with Crippen LogP contribution >= 0.6 is 23.2 Å². The van der Waals surface area contributed by atoms with Crippen molar-refractivity contribution in [2.24, 2.45) is 7.05 Å². The van der Waals surface area contributed by atoms with E-state index in [9.17, 15) is 13.5 Å². The lowest BCUT2D eigenvalue weighted by atomic mass is 10.1. The first-order chi connectivity index (χ1) is 11.8. The molecule has 1 aromatic heterocycles. The molecule has 1 atom stereocenters. The van der Waals surface area contributed by atoms with E-state index in [1.807, 2.05) is 36.0 Å². The molecule has 0 bridgehead atoms. The van der Waals surface area contributed by atoms with Crippen LogP contribution in [0.4, 0.5) is 0 Å². The topological polar surface area (TPSA) is 71.3 Å². The third kappa shape index (κ3) is 3.83. The number of aryl methyl sites for hydroxylation is 1. The maximum absolute atomic E-state index is 12.4. The number of fused-ring (bicyclic) bond motifs is 1. The van der Waals surface area contributed by atoms with Gasteiger partial charge < -0.3 is 9.67 Å². The van der Waals surface area contributed by atoms with Crippen LogP contribution in [0.5, 0.6) is 0 Å². The van der Waals surface area contributed by atoms with Gasteiger partial charge in [0.15, 0.2) is 0 Å². The Morgan fingerprint density at radius 2 is 1.92 bits per heavy atom. The van der Waals surface area contributed by atoms with Crippen LogP contribution < -0.4 is 4.72 Å². The molecule has 8 heteroatoms. The number of aliphatic hydroxyl groups is 1. The summed E-state index contributed by atoms with van der Waals surface area (Å²) in [6.07, 6.45) is 0.933. The van der Waals surface area contributed by atoms with Crippen molar-refractivity contribution in [3.63, 3.8) is 0 Å². The predicted molar refractivity (Wildman–Crippen MR) is 99.5 cm³/mol. The van der Waals surface area contributed by atoms with Gasteiger partial charge in [0.2, 0.25) is 10.0 Å². The molecule has 5 nitrogen and oxygen atoms in total. The molecule has 0 fully saturated rings. The molecule has 0 aliphatic carbocycles. The Bertz CT molecular complexity index is 1030. The minimum Gasteiger partial charge on any atom is -0.387 e. The second-order valence-corrected chi connectivity index (χ2v) is 8.27. The molecule has 2 N–H and O–H groups in total. The monoisotopic (exact) mass is 398 g/mol. The number of aliphatic hydroxyl groups excluding tert-OH is 1. The van der Waals surface area contributed by atoms with Crippen molar-refractivity contribution in [2.75, 3.05) is 6.54 Å². The van der Waals surface area contributed by atoms with Gasteiger partial charge in [-0.2, -0.15) is 0 Å². The van der Waals surface area contributed by atoms with Crippen LogP contribution in [-0.2, 0) is 17.1 Å². The Balaban J connectivity index is 1.78. The largest absolute Gasteiger partial charge is 0.387 e. The molecule has 132 valence electrons. The molecule has 25 heavy (non-hydrogen) atoms. The zero-order chi connectivity index (χ0) is 18.2. The average molecular weight is 399 g/mol. The number of hydrogen-bond acceptors (Lipinski definition) is 3. The number of benzene rings is 2. The molecule has 0 aliphatic rings. The second kappa shape index (κ2) is 6.97. The molecular formula is C17H16Cl2N2O3S. The lowest BCUT2D eigenvalue weighted by molar-refractivity contribution is 0.182. The molecule has 0 saturated heterocycles. The van der Waals surface area contributed by atoms with E-state index in [2.05, 4.69) is 4.72 Å². The standard InChI is InChI=1S/C17H16Cl2N2O3S/c1-21-7-6-11-8-12(2-5-15(11)21)16(22)10-20-25(23,24)17-9-13(18)3-4-14(17)19/h2-9,16,20,22H,10H2,1H3/t16-/m0/s1. The third-order valence-electron chi connectivity index (χ3n) is 3.94. The number of nitrogens with one attached hydrogen (secondary N) is 1. The summed E-state index contributed by atoms with van der Waals surface area (Å²) in [5.41, 5.74) is 1.65. The summed E-state index contributed by atoms with van der Waals surface area (Å²) in [5.74, 6) is 0. The molecule has 0 radical (unpaired) electrons. The number of sulfonamides is 1. The SMILES string of the molecule is Cn1ccc2cc([C@@H](O)CNS(=O)(=O)c3cc(Cl)ccc3Cl)ccc21. The van der Waals surface area contributed by atoms with Gasteiger partial charge >= 0.3 is 0 Å². The summed E-state index contributed by atoms with van der Waals surface area (Å²) in [4.78, 5) is -0.118. The van der Waals surface area contributed by atoms with Crippen molar-refractivity contribution >= 4 is 44.1 Å². The van der Waals surface area contributed by atoms with Crippen LogP contribution in [0.1, 0.15) is 11.7 Å². The third-order valence-corrected chi connectivity index (χ3v) is 6.08. The maximum Gasteiger partial charge on any atom is 0.242 e. The smallest absolute Gasteiger partial charge is 0.242 e. The van der Waals surface area contributed by atoms with Crippen LogP contribution in [0, 0.1) is 0 Å². The molecule has 3 rings (SSSR count). The molecule has 0 amide bonds. The molecule has 0 spiro atoms. The highest BCUT2D eigenvalue weighted by Crippen LogP contribution is 2.25. The van der Waals surface area contributed by atoms with E-state index < -0.39 is 16.1 Å². The fraction of sp³-hybridized carbons (Fsp3) is 0.176. The van der Waals surface area contributed by atoms with Crippen molar-refractivity contribution in [3.8, 4) is 0 Å². The zero-order valence-electron chi connectivity index (χ0n) is 13.3. The van der Waals surface area contributed by atoms with E-state index in [1.54, 1.807) is 6.07 Å². The normalized spacial score (nSPS) is 13.3. The quantitative estimate of drug-likeness (QED) is 0.690.